The summed E-state index contributed by atoms with van der Waals surface area (Å²) >= 11 is 3.55. The van der Waals surface area contributed by atoms with Crippen molar-refractivity contribution in [1.82, 2.24) is 5.32 Å². The van der Waals surface area contributed by atoms with Gasteiger partial charge in [0, 0.05) is 12.6 Å². The van der Waals surface area contributed by atoms with E-state index in [4.69, 9.17) is 14.2 Å². The van der Waals surface area contributed by atoms with Gasteiger partial charge in [0.2, 0.25) is 6.79 Å². The number of ether oxygens (including phenoxy) is 3. The van der Waals surface area contributed by atoms with Gasteiger partial charge < -0.3 is 19.5 Å². The summed E-state index contributed by atoms with van der Waals surface area (Å²) in [7, 11) is 0. The molecule has 0 spiro atoms. The standard InChI is InChI=1S/C16H16BrNO3/c1-2-18-9-11-3-5-14(13(17)7-11)21-12-4-6-15-16(8-12)20-10-19-15/h3-8,18H,2,9-10H2,1H3. The van der Waals surface area contributed by atoms with Crippen molar-refractivity contribution in [2.24, 2.45) is 0 Å². The van der Waals surface area contributed by atoms with Crippen LogP contribution in [-0.4, -0.2) is 13.3 Å². The topological polar surface area (TPSA) is 39.7 Å². The lowest BCUT2D eigenvalue weighted by molar-refractivity contribution is 0.174. The first kappa shape index (κ1) is 14.2. The second-order valence-corrected chi connectivity index (χ2v) is 5.52. The van der Waals surface area contributed by atoms with Crippen LogP contribution < -0.4 is 19.5 Å². The monoisotopic (exact) mass is 349 g/mol. The highest BCUT2D eigenvalue weighted by atomic mass is 79.9. The minimum atomic E-state index is 0.265. The molecule has 0 saturated carbocycles. The van der Waals surface area contributed by atoms with Crippen molar-refractivity contribution < 1.29 is 14.2 Å². The van der Waals surface area contributed by atoms with Crippen molar-refractivity contribution in [2.45, 2.75) is 13.5 Å². The molecular formula is C16H16BrNO3. The van der Waals surface area contributed by atoms with Gasteiger partial charge in [-0.15, -0.1) is 0 Å². The Morgan fingerprint density at radius 1 is 1.14 bits per heavy atom. The van der Waals surface area contributed by atoms with Crippen molar-refractivity contribution in [2.75, 3.05) is 13.3 Å². The third-order valence-electron chi connectivity index (χ3n) is 3.15. The summed E-state index contributed by atoms with van der Waals surface area (Å²) < 4.78 is 17.5. The zero-order valence-corrected chi connectivity index (χ0v) is 13.3. The van der Waals surface area contributed by atoms with Crippen molar-refractivity contribution in [3.05, 3.63) is 46.4 Å². The molecule has 1 N–H and O–H groups in total. The van der Waals surface area contributed by atoms with Gasteiger partial charge in [0.1, 0.15) is 11.5 Å². The largest absolute Gasteiger partial charge is 0.456 e. The molecule has 110 valence electrons. The third kappa shape index (κ3) is 3.31. The smallest absolute Gasteiger partial charge is 0.231 e. The van der Waals surface area contributed by atoms with E-state index in [1.54, 1.807) is 0 Å². The lowest BCUT2D eigenvalue weighted by Gasteiger charge is -2.10. The lowest BCUT2D eigenvalue weighted by atomic mass is 10.2. The van der Waals surface area contributed by atoms with Crippen LogP contribution in [-0.2, 0) is 6.54 Å². The number of benzene rings is 2. The maximum Gasteiger partial charge on any atom is 0.231 e. The van der Waals surface area contributed by atoms with Gasteiger partial charge in [0.15, 0.2) is 11.5 Å². The molecule has 0 radical (unpaired) electrons. The van der Waals surface area contributed by atoms with Crippen LogP contribution in [0.25, 0.3) is 0 Å². The zero-order valence-electron chi connectivity index (χ0n) is 11.7. The fraction of sp³-hybridized carbons (Fsp3) is 0.250. The molecule has 0 aromatic heterocycles. The minimum absolute atomic E-state index is 0.265. The summed E-state index contributed by atoms with van der Waals surface area (Å²) in [5.74, 6) is 2.96. The summed E-state index contributed by atoms with van der Waals surface area (Å²) in [6.45, 7) is 4.15. The molecule has 0 amide bonds. The second kappa shape index (κ2) is 6.37. The molecule has 0 saturated heterocycles. The van der Waals surface area contributed by atoms with E-state index < -0.39 is 0 Å². The normalized spacial score (nSPS) is 12.5. The van der Waals surface area contributed by atoms with Gasteiger partial charge >= 0.3 is 0 Å². The Labute approximate surface area is 132 Å². The number of fused-ring (bicyclic) bond motifs is 1. The van der Waals surface area contributed by atoms with E-state index >= 15 is 0 Å². The van der Waals surface area contributed by atoms with E-state index in [0.29, 0.717) is 5.75 Å². The Hall–Kier alpha value is -1.72. The zero-order chi connectivity index (χ0) is 14.7. The molecule has 0 unspecified atom stereocenters. The Morgan fingerprint density at radius 2 is 2.00 bits per heavy atom. The highest BCUT2D eigenvalue weighted by molar-refractivity contribution is 9.10. The molecule has 3 rings (SSSR count). The van der Waals surface area contributed by atoms with E-state index in [-0.39, 0.29) is 6.79 Å². The predicted molar refractivity (Wildman–Crippen MR) is 84.2 cm³/mol. The maximum atomic E-state index is 5.89. The van der Waals surface area contributed by atoms with Crippen LogP contribution in [0.3, 0.4) is 0 Å². The van der Waals surface area contributed by atoms with Gasteiger partial charge in [-0.2, -0.15) is 0 Å². The molecule has 2 aromatic rings. The summed E-state index contributed by atoms with van der Waals surface area (Å²) in [5, 5.41) is 3.30. The van der Waals surface area contributed by atoms with Gasteiger partial charge in [0.25, 0.3) is 0 Å². The SMILES string of the molecule is CCNCc1ccc(Oc2ccc3c(c2)OCO3)c(Br)c1. The first-order valence-corrected chi connectivity index (χ1v) is 7.62. The van der Waals surface area contributed by atoms with E-state index in [1.165, 1.54) is 5.56 Å². The average Bonchev–Trinajstić information content (AvgIpc) is 2.95. The number of hydrogen-bond acceptors (Lipinski definition) is 4. The van der Waals surface area contributed by atoms with Gasteiger partial charge in [-0.05, 0) is 52.3 Å². The highest BCUT2D eigenvalue weighted by Crippen LogP contribution is 2.38. The third-order valence-corrected chi connectivity index (χ3v) is 3.77. The van der Waals surface area contributed by atoms with Crippen LogP contribution in [0.15, 0.2) is 40.9 Å². The van der Waals surface area contributed by atoms with Crippen molar-refractivity contribution >= 4 is 15.9 Å². The minimum Gasteiger partial charge on any atom is -0.456 e. The molecule has 1 aliphatic heterocycles. The van der Waals surface area contributed by atoms with Crippen molar-refractivity contribution in [3.8, 4) is 23.0 Å². The summed E-state index contributed by atoms with van der Waals surface area (Å²) in [6, 6.07) is 11.6. The van der Waals surface area contributed by atoms with Crippen LogP contribution >= 0.6 is 15.9 Å². The van der Waals surface area contributed by atoms with E-state index in [0.717, 1.165) is 34.8 Å². The average molecular weight is 350 g/mol. The molecule has 1 aliphatic rings. The highest BCUT2D eigenvalue weighted by Gasteiger charge is 2.14. The molecule has 0 fully saturated rings. The fourth-order valence-corrected chi connectivity index (χ4v) is 2.58. The number of rotatable bonds is 5. The van der Waals surface area contributed by atoms with Crippen LogP contribution in [0.5, 0.6) is 23.0 Å². The van der Waals surface area contributed by atoms with Crippen LogP contribution in [0, 0.1) is 0 Å². The molecule has 4 nitrogen and oxygen atoms in total. The van der Waals surface area contributed by atoms with Crippen LogP contribution in [0.2, 0.25) is 0 Å². The summed E-state index contributed by atoms with van der Waals surface area (Å²) in [5.41, 5.74) is 1.21. The lowest BCUT2D eigenvalue weighted by Crippen LogP contribution is -2.11. The second-order valence-electron chi connectivity index (χ2n) is 4.66. The Kier molecular flexibility index (Phi) is 4.31. The molecule has 21 heavy (non-hydrogen) atoms. The van der Waals surface area contributed by atoms with Gasteiger partial charge in [-0.3, -0.25) is 0 Å². The molecule has 0 aliphatic carbocycles. The fourth-order valence-electron chi connectivity index (χ4n) is 2.07. The quantitative estimate of drug-likeness (QED) is 0.882. The molecule has 2 aromatic carbocycles. The van der Waals surface area contributed by atoms with Gasteiger partial charge in [-0.1, -0.05) is 13.0 Å². The number of halogens is 1. The molecule has 5 heteroatoms. The first-order chi connectivity index (χ1) is 10.3. The molecule has 1 heterocycles. The van der Waals surface area contributed by atoms with E-state index in [2.05, 4.69) is 40.3 Å². The molecule has 0 atom stereocenters. The number of hydrogen-bond donors (Lipinski definition) is 1. The van der Waals surface area contributed by atoms with E-state index in [9.17, 15) is 0 Å². The maximum absolute atomic E-state index is 5.89. The molecular weight excluding hydrogens is 334 g/mol. The van der Waals surface area contributed by atoms with Gasteiger partial charge in [0.05, 0.1) is 4.47 Å². The Balaban J connectivity index is 1.75. The van der Waals surface area contributed by atoms with Crippen LogP contribution in [0.1, 0.15) is 12.5 Å². The Morgan fingerprint density at radius 3 is 2.81 bits per heavy atom. The van der Waals surface area contributed by atoms with Crippen molar-refractivity contribution in [1.29, 1.82) is 0 Å². The molecule has 0 bridgehead atoms. The van der Waals surface area contributed by atoms with Gasteiger partial charge in [-0.25, -0.2) is 0 Å². The number of nitrogens with one attached hydrogen (secondary N) is 1. The summed E-state index contributed by atoms with van der Waals surface area (Å²) in [4.78, 5) is 0. The Bertz CT molecular complexity index is 645. The first-order valence-electron chi connectivity index (χ1n) is 6.83. The summed E-state index contributed by atoms with van der Waals surface area (Å²) in [6.07, 6.45) is 0. The van der Waals surface area contributed by atoms with E-state index in [1.807, 2.05) is 24.3 Å². The predicted octanol–water partition coefficient (Wildman–Crippen LogP) is 4.08. The van der Waals surface area contributed by atoms with Crippen LogP contribution in [0.4, 0.5) is 0 Å². The van der Waals surface area contributed by atoms with Crippen molar-refractivity contribution in [3.63, 3.8) is 0 Å².